The van der Waals surface area contributed by atoms with Crippen molar-refractivity contribution in [3.05, 3.63) is 129 Å². The van der Waals surface area contributed by atoms with E-state index in [9.17, 15) is 19.2 Å². The Morgan fingerprint density at radius 1 is 0.431 bits per heavy atom. The van der Waals surface area contributed by atoms with Crippen molar-refractivity contribution < 1.29 is 38.1 Å². The second kappa shape index (κ2) is 24.3. The summed E-state index contributed by atoms with van der Waals surface area (Å²) < 4.78 is 19.2. The highest BCUT2D eigenvalue weighted by Gasteiger charge is 2.17. The van der Waals surface area contributed by atoms with Crippen LogP contribution in [0.15, 0.2) is 84.9 Å². The molecule has 0 saturated heterocycles. The Bertz CT molecular complexity index is 2090. The summed E-state index contributed by atoms with van der Waals surface area (Å²) in [6, 6.07) is 24.7. The Morgan fingerprint density at radius 3 is 0.862 bits per heavy atom. The minimum atomic E-state index is -0.750. The Kier molecular flexibility index (Phi) is 20.0. The van der Waals surface area contributed by atoms with Crippen LogP contribution in [0.2, 0.25) is 0 Å². The summed E-state index contributed by atoms with van der Waals surface area (Å²) in [6.07, 6.45) is 0. The van der Waals surface area contributed by atoms with E-state index < -0.39 is 32.5 Å². The predicted octanol–water partition coefficient (Wildman–Crippen LogP) is 11.5. The van der Waals surface area contributed by atoms with Gasteiger partial charge in [0.25, 0.3) is 0 Å². The Balaban J connectivity index is 0.00000103. The van der Waals surface area contributed by atoms with Crippen molar-refractivity contribution in [1.82, 2.24) is 0 Å². The third-order valence-electron chi connectivity index (χ3n) is 7.51. The molecule has 0 fully saturated rings. The van der Waals surface area contributed by atoms with Gasteiger partial charge in [-0.05, 0) is 85.6 Å². The maximum Gasteiger partial charge on any atom is 0.338 e. The molecule has 0 spiro atoms. The van der Waals surface area contributed by atoms with E-state index in [1.165, 1.54) is 12.1 Å². The fourth-order valence-corrected chi connectivity index (χ4v) is 5.40. The molecule has 0 aromatic heterocycles. The standard InChI is InChI=1S/C42H34O8.2CHCl3/c1-5-47-39(43)29-21-27(22-30(25-29)40(44)48-6-2)17-19-37-33-13-9-11-15-35(33)38(36-16-12-10-14-34(36)37)20-18-28-23-31(41(45)49-7-3)26-32(24-28)42(46)50-8-4;2*2-1(3)4/h9-16,21-26H,5-8H2,1-4H3;2*1H. The molecule has 0 aliphatic heterocycles. The van der Waals surface area contributed by atoms with Crippen molar-refractivity contribution in [3.8, 4) is 23.7 Å². The van der Waals surface area contributed by atoms with E-state index in [2.05, 4.69) is 23.7 Å². The van der Waals surface area contributed by atoms with Gasteiger partial charge < -0.3 is 18.9 Å². The number of hydrogen-bond acceptors (Lipinski definition) is 8. The van der Waals surface area contributed by atoms with Crippen LogP contribution >= 0.6 is 69.6 Å². The van der Waals surface area contributed by atoms with Crippen molar-refractivity contribution in [2.24, 2.45) is 0 Å². The summed E-state index contributed by atoms with van der Waals surface area (Å²) in [5, 5.41) is 3.34. The number of carbonyl (C=O) groups excluding carboxylic acids is 4. The highest BCUT2D eigenvalue weighted by atomic mass is 35.6. The highest BCUT2D eigenvalue weighted by molar-refractivity contribution is 6.63. The summed E-state index contributed by atoms with van der Waals surface area (Å²) in [4.78, 5) is 50.5. The van der Waals surface area contributed by atoms with Crippen molar-refractivity contribution in [1.29, 1.82) is 0 Å². The van der Waals surface area contributed by atoms with Crippen LogP contribution < -0.4 is 0 Å². The van der Waals surface area contributed by atoms with Crippen LogP contribution in [0.4, 0.5) is 0 Å². The summed E-state index contributed by atoms with van der Waals surface area (Å²) in [7, 11) is 0. The fourth-order valence-electron chi connectivity index (χ4n) is 5.40. The van der Waals surface area contributed by atoms with Gasteiger partial charge in [-0.2, -0.15) is 0 Å². The number of halogens is 6. The van der Waals surface area contributed by atoms with Crippen molar-refractivity contribution in [3.63, 3.8) is 0 Å². The van der Waals surface area contributed by atoms with Gasteiger partial charge in [-0.3, -0.25) is 0 Å². The van der Waals surface area contributed by atoms with E-state index in [1.807, 2.05) is 48.5 Å². The van der Waals surface area contributed by atoms with Gasteiger partial charge in [0.1, 0.15) is 0 Å². The number of hydrogen-bond donors (Lipinski definition) is 0. The molecule has 14 heteroatoms. The molecule has 0 aliphatic rings. The molecule has 0 aliphatic carbocycles. The third kappa shape index (κ3) is 14.3. The maximum absolute atomic E-state index is 12.6. The number of ether oxygens (including phenoxy) is 4. The van der Waals surface area contributed by atoms with E-state index in [-0.39, 0.29) is 48.7 Å². The molecule has 5 aromatic rings. The minimum Gasteiger partial charge on any atom is -0.462 e. The van der Waals surface area contributed by atoms with Crippen LogP contribution in [0.3, 0.4) is 0 Å². The van der Waals surface area contributed by atoms with E-state index in [0.29, 0.717) is 11.1 Å². The van der Waals surface area contributed by atoms with Crippen LogP contribution in [-0.4, -0.2) is 58.9 Å². The first-order valence-electron chi connectivity index (χ1n) is 17.5. The van der Waals surface area contributed by atoms with Crippen LogP contribution in [0.5, 0.6) is 0 Å². The van der Waals surface area contributed by atoms with Gasteiger partial charge in [-0.15, -0.1) is 0 Å². The molecule has 5 rings (SSSR count). The molecule has 0 bridgehead atoms. The van der Waals surface area contributed by atoms with Gasteiger partial charge in [0.15, 0.2) is 8.59 Å². The lowest BCUT2D eigenvalue weighted by atomic mass is 9.91. The molecule has 5 aromatic carbocycles. The van der Waals surface area contributed by atoms with E-state index in [4.69, 9.17) is 88.6 Å². The molecular formula is C44H36Cl6O8. The first kappa shape index (κ1) is 47.7. The zero-order valence-corrected chi connectivity index (χ0v) is 36.1. The molecule has 0 N–H and O–H groups in total. The number of esters is 4. The molecule has 0 unspecified atom stereocenters. The smallest absolute Gasteiger partial charge is 0.338 e. The number of fused-ring (bicyclic) bond motifs is 2. The molecule has 0 atom stereocenters. The topological polar surface area (TPSA) is 105 Å². The second-order valence-electron chi connectivity index (χ2n) is 11.3. The van der Waals surface area contributed by atoms with Gasteiger partial charge in [0, 0.05) is 22.3 Å². The Hall–Kier alpha value is -4.64. The molecule has 58 heavy (non-hydrogen) atoms. The summed E-state index contributed by atoms with van der Waals surface area (Å²) in [6.45, 7) is 7.55. The Morgan fingerprint density at radius 2 is 0.655 bits per heavy atom. The summed E-state index contributed by atoms with van der Waals surface area (Å²) in [5.41, 5.74) is 3.12. The predicted molar refractivity (Wildman–Crippen MR) is 233 cm³/mol. The minimum absolute atomic E-state index is 0.181. The number of benzene rings is 5. The lowest BCUT2D eigenvalue weighted by molar-refractivity contribution is 0.0506. The summed E-state index contributed by atoms with van der Waals surface area (Å²) >= 11 is 28.8. The zero-order valence-electron chi connectivity index (χ0n) is 31.6. The molecule has 0 amide bonds. The van der Waals surface area contributed by atoms with E-state index >= 15 is 0 Å². The summed E-state index contributed by atoms with van der Waals surface area (Å²) in [5.74, 6) is 10.7. The van der Waals surface area contributed by atoms with Crippen LogP contribution in [-0.2, 0) is 18.9 Å². The van der Waals surface area contributed by atoms with Crippen LogP contribution in [0.25, 0.3) is 21.5 Å². The van der Waals surface area contributed by atoms with Gasteiger partial charge in [0.2, 0.25) is 0 Å². The highest BCUT2D eigenvalue weighted by Crippen LogP contribution is 2.32. The van der Waals surface area contributed by atoms with Crippen molar-refractivity contribution in [2.75, 3.05) is 26.4 Å². The first-order valence-corrected chi connectivity index (χ1v) is 20.2. The quantitative estimate of drug-likeness (QED) is 0.0498. The van der Waals surface area contributed by atoms with Crippen molar-refractivity contribution >= 4 is 115 Å². The Labute approximate surface area is 366 Å². The fraction of sp³-hybridized carbons (Fsp3) is 0.227. The van der Waals surface area contributed by atoms with Crippen molar-refractivity contribution in [2.45, 2.75) is 36.3 Å². The van der Waals surface area contributed by atoms with Gasteiger partial charge >= 0.3 is 23.9 Å². The number of carbonyl (C=O) groups is 4. The SMILES string of the molecule is CCOC(=O)c1cc(C#Cc2c3ccccc3c(C#Cc3cc(C(=O)OCC)cc(C(=O)OCC)c3)c3ccccc23)cc(C(=O)OCC)c1.ClC(Cl)Cl.ClC(Cl)Cl. The lowest BCUT2D eigenvalue weighted by Crippen LogP contribution is -2.10. The van der Waals surface area contributed by atoms with E-state index in [1.54, 1.807) is 52.0 Å². The average molecular weight is 905 g/mol. The molecular weight excluding hydrogens is 869 g/mol. The third-order valence-corrected chi connectivity index (χ3v) is 7.51. The molecule has 0 radical (unpaired) electrons. The monoisotopic (exact) mass is 902 g/mol. The largest absolute Gasteiger partial charge is 0.462 e. The molecule has 302 valence electrons. The number of alkyl halides is 6. The first-order chi connectivity index (χ1) is 27.7. The maximum atomic E-state index is 12.6. The normalized spacial score (nSPS) is 10.1. The lowest BCUT2D eigenvalue weighted by Gasteiger charge is -2.11. The van der Waals surface area contributed by atoms with Gasteiger partial charge in [0.05, 0.1) is 48.7 Å². The average Bonchev–Trinajstić information content (AvgIpc) is 3.18. The van der Waals surface area contributed by atoms with Gasteiger partial charge in [-0.1, -0.05) is 142 Å². The van der Waals surface area contributed by atoms with E-state index in [0.717, 1.165) is 32.7 Å². The second-order valence-corrected chi connectivity index (χ2v) is 15.3. The number of rotatable bonds is 8. The molecule has 8 nitrogen and oxygen atoms in total. The van der Waals surface area contributed by atoms with Gasteiger partial charge in [-0.25, -0.2) is 19.2 Å². The molecule has 0 heterocycles. The van der Waals surface area contributed by atoms with Crippen LogP contribution in [0, 0.1) is 23.7 Å². The van der Waals surface area contributed by atoms with Crippen LogP contribution in [0.1, 0.15) is 91.4 Å². The zero-order chi connectivity index (χ0) is 42.8. The molecule has 0 saturated carbocycles.